The molecule has 0 radical (unpaired) electrons. The highest BCUT2D eigenvalue weighted by molar-refractivity contribution is 6.77. The highest BCUT2D eigenvalue weighted by Crippen LogP contribution is 2.29. The van der Waals surface area contributed by atoms with E-state index < -0.39 is 13.8 Å². The standard InChI is InChI=1S/C14H20ClNO2Si/c1-9-12(10-5-7-11(15)8-6-10)16-18-13(9)14(17)19(2,3)4/h5-9,13-14,17H,1-4H3/t9-,13-,14-/m0/s1. The lowest BCUT2D eigenvalue weighted by Gasteiger charge is -2.29. The molecule has 0 unspecified atom stereocenters. The molecule has 2 rings (SSSR count). The quantitative estimate of drug-likeness (QED) is 0.870. The molecule has 1 aliphatic heterocycles. The van der Waals surface area contributed by atoms with Crippen LogP contribution in [0.25, 0.3) is 0 Å². The fourth-order valence-electron chi connectivity index (χ4n) is 2.21. The zero-order valence-electron chi connectivity index (χ0n) is 11.7. The van der Waals surface area contributed by atoms with Crippen molar-refractivity contribution in [2.24, 2.45) is 11.1 Å². The van der Waals surface area contributed by atoms with Crippen molar-refractivity contribution in [2.45, 2.75) is 38.4 Å². The Morgan fingerprint density at radius 1 is 1.26 bits per heavy atom. The Morgan fingerprint density at radius 2 is 1.84 bits per heavy atom. The summed E-state index contributed by atoms with van der Waals surface area (Å²) in [6.45, 7) is 8.45. The lowest BCUT2D eigenvalue weighted by molar-refractivity contribution is -0.00219. The summed E-state index contributed by atoms with van der Waals surface area (Å²) in [4.78, 5) is 5.49. The minimum Gasteiger partial charge on any atom is -0.393 e. The maximum atomic E-state index is 10.4. The summed E-state index contributed by atoms with van der Waals surface area (Å²) in [5.41, 5.74) is 1.47. The van der Waals surface area contributed by atoms with Crippen LogP contribution in [0.15, 0.2) is 29.4 Å². The minimum atomic E-state index is -1.67. The largest absolute Gasteiger partial charge is 0.393 e. The molecule has 104 valence electrons. The summed E-state index contributed by atoms with van der Waals surface area (Å²) in [7, 11) is -1.67. The molecule has 1 aliphatic rings. The van der Waals surface area contributed by atoms with Crippen molar-refractivity contribution in [1.29, 1.82) is 0 Å². The van der Waals surface area contributed by atoms with Crippen LogP contribution < -0.4 is 0 Å². The number of nitrogens with zero attached hydrogens (tertiary/aromatic N) is 1. The summed E-state index contributed by atoms with van der Waals surface area (Å²) >= 11 is 5.89. The highest BCUT2D eigenvalue weighted by Gasteiger charge is 2.42. The molecule has 0 fully saturated rings. The average molecular weight is 298 g/mol. The van der Waals surface area contributed by atoms with Crippen LogP contribution in [0.4, 0.5) is 0 Å². The van der Waals surface area contributed by atoms with E-state index in [9.17, 15) is 5.11 Å². The third-order valence-electron chi connectivity index (χ3n) is 3.54. The van der Waals surface area contributed by atoms with Crippen molar-refractivity contribution in [2.75, 3.05) is 0 Å². The first kappa shape index (κ1) is 14.6. The molecule has 0 amide bonds. The Kier molecular flexibility index (Phi) is 4.04. The maximum Gasteiger partial charge on any atom is 0.158 e. The predicted molar refractivity (Wildman–Crippen MR) is 81.4 cm³/mol. The summed E-state index contributed by atoms with van der Waals surface area (Å²) < 4.78 is 0. The van der Waals surface area contributed by atoms with E-state index in [1.165, 1.54) is 0 Å². The molecule has 0 bridgehead atoms. The smallest absolute Gasteiger partial charge is 0.158 e. The Hall–Kier alpha value is -0.843. The van der Waals surface area contributed by atoms with Crippen molar-refractivity contribution >= 4 is 25.4 Å². The number of halogens is 1. The van der Waals surface area contributed by atoms with Gasteiger partial charge in [0.25, 0.3) is 0 Å². The molecular weight excluding hydrogens is 278 g/mol. The van der Waals surface area contributed by atoms with E-state index in [1.54, 1.807) is 0 Å². The SMILES string of the molecule is C[C@H]1C(c2ccc(Cl)cc2)=NO[C@@H]1[C@@H](O)[Si](C)(C)C. The van der Waals surface area contributed by atoms with Gasteiger partial charge in [0.2, 0.25) is 0 Å². The van der Waals surface area contributed by atoms with Crippen LogP contribution in [0.1, 0.15) is 12.5 Å². The van der Waals surface area contributed by atoms with Gasteiger partial charge in [-0.15, -0.1) is 0 Å². The van der Waals surface area contributed by atoms with Gasteiger partial charge < -0.3 is 9.94 Å². The van der Waals surface area contributed by atoms with Crippen LogP contribution in [0.2, 0.25) is 24.7 Å². The van der Waals surface area contributed by atoms with Gasteiger partial charge in [-0.05, 0) is 17.7 Å². The van der Waals surface area contributed by atoms with E-state index >= 15 is 0 Å². The molecule has 0 saturated heterocycles. The second-order valence-electron chi connectivity index (χ2n) is 6.15. The first-order chi connectivity index (χ1) is 8.80. The van der Waals surface area contributed by atoms with Gasteiger partial charge in [-0.2, -0.15) is 0 Å². The number of aliphatic hydroxyl groups is 1. The molecule has 3 nitrogen and oxygen atoms in total. The number of hydrogen-bond donors (Lipinski definition) is 1. The molecule has 3 atom stereocenters. The van der Waals surface area contributed by atoms with E-state index in [1.807, 2.05) is 24.3 Å². The summed E-state index contributed by atoms with van der Waals surface area (Å²) in [5, 5.41) is 15.3. The van der Waals surface area contributed by atoms with Crippen molar-refractivity contribution < 1.29 is 9.94 Å². The van der Waals surface area contributed by atoms with Crippen LogP contribution in [-0.4, -0.2) is 30.7 Å². The van der Waals surface area contributed by atoms with Gasteiger partial charge in [-0.1, -0.05) is 55.5 Å². The molecule has 0 aliphatic carbocycles. The Morgan fingerprint density at radius 3 is 2.37 bits per heavy atom. The fourth-order valence-corrected chi connectivity index (χ4v) is 3.67. The van der Waals surface area contributed by atoms with Crippen molar-refractivity contribution in [1.82, 2.24) is 0 Å². The number of oxime groups is 1. The van der Waals surface area contributed by atoms with Crippen molar-refractivity contribution in [3.63, 3.8) is 0 Å². The molecule has 1 heterocycles. The minimum absolute atomic E-state index is 0.0860. The van der Waals surface area contributed by atoms with Crippen LogP contribution in [0, 0.1) is 5.92 Å². The predicted octanol–water partition coefficient (Wildman–Crippen LogP) is 3.32. The third kappa shape index (κ3) is 3.01. The van der Waals surface area contributed by atoms with Crippen LogP contribution in [-0.2, 0) is 4.84 Å². The number of rotatable bonds is 3. The fraction of sp³-hybridized carbons (Fsp3) is 0.500. The summed E-state index contributed by atoms with van der Waals surface area (Å²) in [6.07, 6.45) is -0.239. The number of hydrogen-bond acceptors (Lipinski definition) is 3. The Bertz CT molecular complexity index is 481. The summed E-state index contributed by atoms with van der Waals surface area (Å²) in [6, 6.07) is 7.55. The first-order valence-corrected chi connectivity index (χ1v) is 10.4. The zero-order valence-corrected chi connectivity index (χ0v) is 13.5. The maximum absolute atomic E-state index is 10.4. The molecule has 0 aromatic heterocycles. The summed E-state index contributed by atoms with van der Waals surface area (Å²) in [5.74, 6) is 0.0860. The van der Waals surface area contributed by atoms with E-state index in [4.69, 9.17) is 16.4 Å². The highest BCUT2D eigenvalue weighted by atomic mass is 35.5. The van der Waals surface area contributed by atoms with Crippen molar-refractivity contribution in [3.8, 4) is 0 Å². The topological polar surface area (TPSA) is 41.8 Å². The van der Waals surface area contributed by atoms with Crippen LogP contribution >= 0.6 is 11.6 Å². The van der Waals surface area contributed by atoms with E-state index in [2.05, 4.69) is 31.7 Å². The van der Waals surface area contributed by atoms with Gasteiger partial charge in [-0.3, -0.25) is 0 Å². The second kappa shape index (κ2) is 5.27. The third-order valence-corrected chi connectivity index (χ3v) is 5.89. The molecule has 5 heteroatoms. The lowest BCUT2D eigenvalue weighted by atomic mass is 9.94. The zero-order chi connectivity index (χ0) is 14.2. The van der Waals surface area contributed by atoms with Crippen molar-refractivity contribution in [3.05, 3.63) is 34.9 Å². The van der Waals surface area contributed by atoms with Gasteiger partial charge in [0.15, 0.2) is 6.10 Å². The van der Waals surface area contributed by atoms with Crippen LogP contribution in [0.3, 0.4) is 0 Å². The van der Waals surface area contributed by atoms with Gasteiger partial charge >= 0.3 is 0 Å². The van der Waals surface area contributed by atoms with Gasteiger partial charge in [-0.25, -0.2) is 0 Å². The number of benzene rings is 1. The molecule has 1 N–H and O–H groups in total. The molecule has 0 saturated carbocycles. The van der Waals surface area contributed by atoms with E-state index in [0.717, 1.165) is 11.3 Å². The van der Waals surface area contributed by atoms with Crippen LogP contribution in [0.5, 0.6) is 0 Å². The number of aliphatic hydroxyl groups excluding tert-OH is 1. The van der Waals surface area contributed by atoms with Gasteiger partial charge in [0, 0.05) is 10.9 Å². The molecular formula is C14H20ClNO2Si. The Labute approximate surface area is 120 Å². The normalized spacial score (nSPS) is 24.8. The van der Waals surface area contributed by atoms with Gasteiger partial charge in [0.05, 0.1) is 19.5 Å². The van der Waals surface area contributed by atoms with E-state index in [-0.39, 0.29) is 12.0 Å². The molecule has 19 heavy (non-hydrogen) atoms. The van der Waals surface area contributed by atoms with E-state index in [0.29, 0.717) is 5.02 Å². The first-order valence-electron chi connectivity index (χ1n) is 6.48. The molecule has 1 aromatic rings. The molecule has 0 spiro atoms. The average Bonchev–Trinajstić information content (AvgIpc) is 2.70. The van der Waals surface area contributed by atoms with Gasteiger partial charge in [0.1, 0.15) is 0 Å². The monoisotopic (exact) mass is 297 g/mol. The molecule has 1 aromatic carbocycles. The second-order valence-corrected chi connectivity index (χ2v) is 11.9. The Balaban J connectivity index is 2.17. The lowest BCUT2D eigenvalue weighted by Crippen LogP contribution is -2.49.